The second-order valence-corrected chi connectivity index (χ2v) is 4.05. The van der Waals surface area contributed by atoms with Gasteiger partial charge in [-0.15, -0.1) is 0 Å². The maximum atomic E-state index is 10.4. The molecule has 0 aliphatic rings. The predicted molar refractivity (Wildman–Crippen MR) is 73.0 cm³/mol. The van der Waals surface area contributed by atoms with E-state index in [1.54, 1.807) is 0 Å². The summed E-state index contributed by atoms with van der Waals surface area (Å²) in [6.45, 7) is 0.566. The van der Waals surface area contributed by atoms with Crippen molar-refractivity contribution in [3.8, 4) is 0 Å². The van der Waals surface area contributed by atoms with Crippen LogP contribution in [0.2, 0.25) is 0 Å². The van der Waals surface area contributed by atoms with Gasteiger partial charge in [-0.2, -0.15) is 0 Å². The van der Waals surface area contributed by atoms with Gasteiger partial charge in [0.1, 0.15) is 0 Å². The monoisotopic (exact) mass is 284 g/mol. The van der Waals surface area contributed by atoms with Gasteiger partial charge in [0.25, 0.3) is 0 Å². The molecule has 0 heterocycles. The molecule has 0 saturated heterocycles. The Kier molecular flexibility index (Phi) is 9.90. The summed E-state index contributed by atoms with van der Waals surface area (Å²) in [6, 6.07) is 5.20. The minimum Gasteiger partial charge on any atom is -0.478 e. The van der Waals surface area contributed by atoms with Crippen molar-refractivity contribution in [3.63, 3.8) is 0 Å². The molecule has 112 valence electrons. The Bertz CT molecular complexity index is 381. The van der Waals surface area contributed by atoms with Crippen molar-refractivity contribution in [2.45, 2.75) is 25.7 Å². The van der Waals surface area contributed by atoms with Gasteiger partial charge in [0.2, 0.25) is 0 Å². The Balaban J connectivity index is 0.000000396. The van der Waals surface area contributed by atoms with Crippen molar-refractivity contribution >= 4 is 11.9 Å². The highest BCUT2D eigenvalue weighted by Crippen LogP contribution is 2.04. The SMILES string of the molecule is O=C(O)c1cccc(C(=O)O)c1.OCCCCCCO. The number of carboxylic acids is 2. The van der Waals surface area contributed by atoms with Crippen LogP contribution in [0, 0.1) is 0 Å². The maximum Gasteiger partial charge on any atom is 0.335 e. The van der Waals surface area contributed by atoms with Crippen molar-refractivity contribution in [3.05, 3.63) is 35.4 Å². The Hall–Kier alpha value is -1.92. The molecule has 0 spiro atoms. The fourth-order valence-electron chi connectivity index (χ4n) is 1.36. The second-order valence-electron chi connectivity index (χ2n) is 4.05. The molecule has 0 fully saturated rings. The lowest BCUT2D eigenvalue weighted by Crippen LogP contribution is -2.01. The molecule has 1 aromatic carbocycles. The van der Waals surface area contributed by atoms with Gasteiger partial charge in [-0.3, -0.25) is 0 Å². The first kappa shape index (κ1) is 18.1. The van der Waals surface area contributed by atoms with Gasteiger partial charge in [-0.1, -0.05) is 18.9 Å². The molecule has 0 amide bonds. The number of unbranched alkanes of at least 4 members (excludes halogenated alkanes) is 3. The molecule has 0 aliphatic heterocycles. The molecule has 6 nitrogen and oxygen atoms in total. The summed E-state index contributed by atoms with van der Waals surface area (Å²) in [5.41, 5.74) is -0.0372. The van der Waals surface area contributed by atoms with E-state index in [0.29, 0.717) is 0 Å². The third-order valence-electron chi connectivity index (χ3n) is 2.42. The number of hydrogen-bond acceptors (Lipinski definition) is 4. The number of aromatic carboxylic acids is 2. The normalized spacial score (nSPS) is 9.50. The van der Waals surface area contributed by atoms with E-state index in [9.17, 15) is 9.59 Å². The third-order valence-corrected chi connectivity index (χ3v) is 2.42. The smallest absolute Gasteiger partial charge is 0.335 e. The largest absolute Gasteiger partial charge is 0.478 e. The summed E-state index contributed by atoms with van der Waals surface area (Å²) >= 11 is 0. The standard InChI is InChI=1S/C8H6O4.C6H14O2/c9-7(10)5-2-1-3-6(4-5)8(11)12;7-5-3-1-2-4-6-8/h1-4H,(H,9,10)(H,11,12);7-8H,1-6H2. The number of rotatable bonds is 7. The zero-order valence-electron chi connectivity index (χ0n) is 11.2. The third kappa shape index (κ3) is 8.23. The van der Waals surface area contributed by atoms with Crippen molar-refractivity contribution in [2.75, 3.05) is 13.2 Å². The van der Waals surface area contributed by atoms with Gasteiger partial charge in [-0.25, -0.2) is 9.59 Å². The first-order valence-electron chi connectivity index (χ1n) is 6.31. The van der Waals surface area contributed by atoms with E-state index in [-0.39, 0.29) is 24.3 Å². The van der Waals surface area contributed by atoms with Crippen molar-refractivity contribution in [1.29, 1.82) is 0 Å². The number of benzene rings is 1. The molecule has 4 N–H and O–H groups in total. The van der Waals surface area contributed by atoms with Gasteiger partial charge in [0.15, 0.2) is 0 Å². The van der Waals surface area contributed by atoms with Crippen molar-refractivity contribution in [1.82, 2.24) is 0 Å². The van der Waals surface area contributed by atoms with Crippen LogP contribution in [0.15, 0.2) is 24.3 Å². The van der Waals surface area contributed by atoms with E-state index >= 15 is 0 Å². The minimum atomic E-state index is -1.13. The van der Waals surface area contributed by atoms with Crippen LogP contribution in [0.1, 0.15) is 46.4 Å². The van der Waals surface area contributed by atoms with E-state index in [1.807, 2.05) is 0 Å². The van der Waals surface area contributed by atoms with Crippen LogP contribution in [-0.2, 0) is 0 Å². The molecule has 0 bridgehead atoms. The lowest BCUT2D eigenvalue weighted by Gasteiger charge is -1.95. The zero-order valence-corrected chi connectivity index (χ0v) is 11.2. The molecular formula is C14H20O6. The number of hydrogen-bond donors (Lipinski definition) is 4. The average Bonchev–Trinajstić information content (AvgIpc) is 2.44. The minimum absolute atomic E-state index is 0.0186. The quantitative estimate of drug-likeness (QED) is 0.565. The Labute approximate surface area is 117 Å². The fourth-order valence-corrected chi connectivity index (χ4v) is 1.36. The summed E-state index contributed by atoms with van der Waals surface area (Å²) in [7, 11) is 0. The van der Waals surface area contributed by atoms with E-state index in [1.165, 1.54) is 18.2 Å². The molecular weight excluding hydrogens is 264 g/mol. The van der Waals surface area contributed by atoms with Crippen LogP contribution in [0.5, 0.6) is 0 Å². The van der Waals surface area contributed by atoms with Crippen LogP contribution in [-0.4, -0.2) is 45.6 Å². The van der Waals surface area contributed by atoms with E-state index in [4.69, 9.17) is 20.4 Å². The number of carbonyl (C=O) groups is 2. The van der Waals surface area contributed by atoms with Crippen molar-refractivity contribution < 1.29 is 30.0 Å². The lowest BCUT2D eigenvalue weighted by molar-refractivity contribution is 0.0696. The topological polar surface area (TPSA) is 115 Å². The molecule has 1 rings (SSSR count). The molecule has 0 saturated carbocycles. The Morgan fingerprint density at radius 2 is 1.20 bits per heavy atom. The molecule has 0 unspecified atom stereocenters. The summed E-state index contributed by atoms with van der Waals surface area (Å²) in [5, 5.41) is 33.6. The highest BCUT2D eigenvalue weighted by atomic mass is 16.4. The number of aliphatic hydroxyl groups excluding tert-OH is 2. The molecule has 20 heavy (non-hydrogen) atoms. The van der Waals surface area contributed by atoms with Gasteiger partial charge in [-0.05, 0) is 31.0 Å². The van der Waals surface area contributed by atoms with Crippen LogP contribution in [0.25, 0.3) is 0 Å². The van der Waals surface area contributed by atoms with Gasteiger partial charge < -0.3 is 20.4 Å². The van der Waals surface area contributed by atoms with Gasteiger partial charge >= 0.3 is 11.9 Å². The van der Waals surface area contributed by atoms with E-state index in [0.717, 1.165) is 31.7 Å². The second kappa shape index (κ2) is 11.0. The Morgan fingerprint density at radius 3 is 1.50 bits per heavy atom. The average molecular weight is 284 g/mol. The number of aliphatic hydroxyl groups is 2. The van der Waals surface area contributed by atoms with Crippen LogP contribution in [0.4, 0.5) is 0 Å². The predicted octanol–water partition coefficient (Wildman–Crippen LogP) is 1.61. The van der Waals surface area contributed by atoms with E-state index in [2.05, 4.69) is 0 Å². The van der Waals surface area contributed by atoms with Crippen LogP contribution in [0.3, 0.4) is 0 Å². The summed E-state index contributed by atoms with van der Waals surface area (Å²) < 4.78 is 0. The molecule has 0 aliphatic carbocycles. The Morgan fingerprint density at radius 1 is 0.800 bits per heavy atom. The highest BCUT2D eigenvalue weighted by molar-refractivity contribution is 5.93. The van der Waals surface area contributed by atoms with Gasteiger partial charge in [0, 0.05) is 13.2 Å². The van der Waals surface area contributed by atoms with Crippen LogP contribution >= 0.6 is 0 Å². The summed E-state index contributed by atoms with van der Waals surface area (Å²) in [6.07, 6.45) is 3.83. The lowest BCUT2D eigenvalue weighted by atomic mass is 10.1. The fraction of sp³-hybridized carbons (Fsp3) is 0.429. The van der Waals surface area contributed by atoms with E-state index < -0.39 is 11.9 Å². The first-order chi connectivity index (χ1) is 9.52. The number of carboxylic acid groups (broad SMARTS) is 2. The molecule has 6 heteroatoms. The highest BCUT2D eigenvalue weighted by Gasteiger charge is 2.06. The zero-order chi connectivity index (χ0) is 15.4. The maximum absolute atomic E-state index is 10.4. The molecule has 1 aromatic rings. The van der Waals surface area contributed by atoms with Gasteiger partial charge in [0.05, 0.1) is 11.1 Å². The summed E-state index contributed by atoms with van der Waals surface area (Å²) in [4.78, 5) is 20.8. The first-order valence-corrected chi connectivity index (χ1v) is 6.31. The van der Waals surface area contributed by atoms with Crippen LogP contribution < -0.4 is 0 Å². The molecule has 0 atom stereocenters. The summed E-state index contributed by atoms with van der Waals surface area (Å²) in [5.74, 6) is -2.25. The molecule has 0 aromatic heterocycles. The molecule has 0 radical (unpaired) electrons. The van der Waals surface area contributed by atoms with Crippen molar-refractivity contribution in [2.24, 2.45) is 0 Å².